The zero-order chi connectivity index (χ0) is 17.9. The lowest BCUT2D eigenvalue weighted by atomic mass is 10.2. The number of nitrogens with zero attached hydrogens (tertiary/aromatic N) is 2. The fourth-order valence-electron chi connectivity index (χ4n) is 2.10. The molecule has 0 fully saturated rings. The molecule has 132 valence electrons. The van der Waals surface area contributed by atoms with E-state index in [1.165, 1.54) is 4.88 Å². The quantitative estimate of drug-likeness (QED) is 0.758. The predicted octanol–water partition coefficient (Wildman–Crippen LogP) is 4.44. The fraction of sp³-hybridized carbons (Fsp3) is 0.500. The molecular weight excluding hydrogens is 392 g/mol. The van der Waals surface area contributed by atoms with Gasteiger partial charge in [0, 0.05) is 30.1 Å². The number of carbonyl (C=O) groups excluding carboxylic acids is 1. The van der Waals surface area contributed by atoms with Crippen molar-refractivity contribution in [3.05, 3.63) is 32.6 Å². The van der Waals surface area contributed by atoms with Crippen molar-refractivity contribution in [2.75, 3.05) is 5.32 Å². The van der Waals surface area contributed by atoms with Gasteiger partial charge in [0.15, 0.2) is 0 Å². The molecule has 0 aliphatic rings. The second-order valence-corrected chi connectivity index (χ2v) is 9.01. The van der Waals surface area contributed by atoms with Gasteiger partial charge in [-0.2, -0.15) is 5.10 Å². The van der Waals surface area contributed by atoms with E-state index in [0.717, 1.165) is 9.35 Å². The third-order valence-corrected chi connectivity index (χ3v) is 5.06. The lowest BCUT2D eigenvalue weighted by Gasteiger charge is -2.20. The fourth-order valence-corrected chi connectivity index (χ4v) is 3.55. The van der Waals surface area contributed by atoms with Gasteiger partial charge in [0.1, 0.15) is 11.4 Å². The molecule has 0 aliphatic heterocycles. The number of aryl methyl sites for hydroxylation is 1. The summed E-state index contributed by atoms with van der Waals surface area (Å²) in [4.78, 5) is 13.2. The molecule has 6 nitrogen and oxygen atoms in total. The average Bonchev–Trinajstić information content (AvgIpc) is 3.02. The number of aromatic nitrogens is 2. The van der Waals surface area contributed by atoms with E-state index in [2.05, 4.69) is 44.7 Å². The highest BCUT2D eigenvalue weighted by Crippen LogP contribution is 2.27. The SMILES string of the molecule is CC(NCc1cnn(C)c1NC(=O)OC(C)(C)C)c1ccc(Br)s1. The highest BCUT2D eigenvalue weighted by molar-refractivity contribution is 9.11. The molecule has 0 saturated carbocycles. The standard InChI is InChI=1S/C16H23BrN4O2S/c1-10(12-6-7-13(17)24-12)18-8-11-9-19-21(5)14(11)20-15(22)23-16(2,3)4/h6-7,9-10,18H,8H2,1-5H3,(H,20,22). The van der Waals surface area contributed by atoms with Crippen LogP contribution in [0.5, 0.6) is 0 Å². The van der Waals surface area contributed by atoms with Crippen LogP contribution in [0.2, 0.25) is 0 Å². The highest BCUT2D eigenvalue weighted by Gasteiger charge is 2.19. The first-order chi connectivity index (χ1) is 11.2. The van der Waals surface area contributed by atoms with Crippen molar-refractivity contribution in [1.29, 1.82) is 0 Å². The summed E-state index contributed by atoms with van der Waals surface area (Å²) in [5.74, 6) is 0.635. The molecule has 24 heavy (non-hydrogen) atoms. The molecule has 8 heteroatoms. The molecule has 0 bridgehead atoms. The van der Waals surface area contributed by atoms with Gasteiger partial charge < -0.3 is 10.1 Å². The summed E-state index contributed by atoms with van der Waals surface area (Å²) in [5, 5.41) is 10.4. The molecule has 1 unspecified atom stereocenters. The van der Waals surface area contributed by atoms with Gasteiger partial charge in [0.2, 0.25) is 0 Å². The topological polar surface area (TPSA) is 68.2 Å². The monoisotopic (exact) mass is 414 g/mol. The molecule has 1 atom stereocenters. The molecule has 2 N–H and O–H groups in total. The number of nitrogens with one attached hydrogen (secondary N) is 2. The average molecular weight is 415 g/mol. The zero-order valence-electron chi connectivity index (χ0n) is 14.5. The summed E-state index contributed by atoms with van der Waals surface area (Å²) in [6, 6.07) is 4.34. The molecule has 2 heterocycles. The van der Waals surface area contributed by atoms with Crippen LogP contribution in [0.3, 0.4) is 0 Å². The van der Waals surface area contributed by atoms with Gasteiger partial charge >= 0.3 is 6.09 Å². The first kappa shape index (κ1) is 19.0. The summed E-state index contributed by atoms with van der Waals surface area (Å²) in [5.41, 5.74) is 0.369. The van der Waals surface area contributed by atoms with Gasteiger partial charge in [-0.05, 0) is 55.8 Å². The maximum absolute atomic E-state index is 12.0. The van der Waals surface area contributed by atoms with Crippen LogP contribution in [0.1, 0.15) is 44.2 Å². The van der Waals surface area contributed by atoms with E-state index in [1.54, 1.807) is 29.3 Å². The van der Waals surface area contributed by atoms with Gasteiger partial charge in [0.05, 0.1) is 9.98 Å². The lowest BCUT2D eigenvalue weighted by Crippen LogP contribution is -2.28. The zero-order valence-corrected chi connectivity index (χ0v) is 16.9. The molecule has 0 aliphatic carbocycles. The predicted molar refractivity (Wildman–Crippen MR) is 100 cm³/mol. The van der Waals surface area contributed by atoms with Crippen LogP contribution in [0.15, 0.2) is 22.1 Å². The van der Waals surface area contributed by atoms with E-state index >= 15 is 0 Å². The molecule has 0 saturated heterocycles. The smallest absolute Gasteiger partial charge is 0.413 e. The van der Waals surface area contributed by atoms with Crippen molar-refractivity contribution in [2.45, 2.75) is 45.9 Å². The first-order valence-corrected chi connectivity index (χ1v) is 9.26. The minimum absolute atomic E-state index is 0.205. The minimum atomic E-state index is -0.540. The first-order valence-electron chi connectivity index (χ1n) is 7.65. The van der Waals surface area contributed by atoms with Crippen molar-refractivity contribution in [2.24, 2.45) is 7.05 Å². The number of amides is 1. The normalized spacial score (nSPS) is 12.9. The minimum Gasteiger partial charge on any atom is -0.444 e. The van der Waals surface area contributed by atoms with Crippen molar-refractivity contribution in [1.82, 2.24) is 15.1 Å². The number of hydrogen-bond donors (Lipinski definition) is 2. The maximum Gasteiger partial charge on any atom is 0.413 e. The number of ether oxygens (including phenoxy) is 1. The molecular formula is C16H23BrN4O2S. The maximum atomic E-state index is 12.0. The largest absolute Gasteiger partial charge is 0.444 e. The van der Waals surface area contributed by atoms with Crippen molar-refractivity contribution in [3.8, 4) is 0 Å². The number of anilines is 1. The van der Waals surface area contributed by atoms with Crippen LogP contribution in [0.25, 0.3) is 0 Å². The molecule has 0 radical (unpaired) electrons. The highest BCUT2D eigenvalue weighted by atomic mass is 79.9. The van der Waals surface area contributed by atoms with E-state index in [0.29, 0.717) is 12.4 Å². The van der Waals surface area contributed by atoms with Crippen LogP contribution in [-0.2, 0) is 18.3 Å². The Morgan fingerprint density at radius 3 is 2.75 bits per heavy atom. The number of carbonyl (C=O) groups is 1. The lowest BCUT2D eigenvalue weighted by molar-refractivity contribution is 0.0634. The van der Waals surface area contributed by atoms with Crippen LogP contribution < -0.4 is 10.6 Å². The summed E-state index contributed by atoms with van der Waals surface area (Å²) in [6.45, 7) is 8.20. The Morgan fingerprint density at radius 1 is 1.46 bits per heavy atom. The van der Waals surface area contributed by atoms with E-state index < -0.39 is 11.7 Å². The molecule has 2 rings (SSSR count). The van der Waals surface area contributed by atoms with Crippen LogP contribution >= 0.6 is 27.3 Å². The Labute approximate surface area is 154 Å². The second-order valence-electron chi connectivity index (χ2n) is 6.51. The van der Waals surface area contributed by atoms with E-state index in [-0.39, 0.29) is 6.04 Å². The number of thiophene rings is 1. The van der Waals surface area contributed by atoms with Crippen LogP contribution in [0, 0.1) is 0 Å². The Hall–Kier alpha value is -1.38. The van der Waals surface area contributed by atoms with Gasteiger partial charge in [-0.1, -0.05) is 0 Å². The Bertz CT molecular complexity index is 705. The molecule has 2 aromatic rings. The number of rotatable bonds is 5. The number of hydrogen-bond acceptors (Lipinski definition) is 5. The molecule has 2 aromatic heterocycles. The molecule has 0 spiro atoms. The van der Waals surface area contributed by atoms with Crippen LogP contribution in [-0.4, -0.2) is 21.5 Å². The third kappa shape index (κ3) is 5.32. The second kappa shape index (κ2) is 7.67. The van der Waals surface area contributed by atoms with E-state index in [4.69, 9.17) is 4.74 Å². The summed E-state index contributed by atoms with van der Waals surface area (Å²) >= 11 is 5.18. The number of halogens is 1. The Kier molecular flexibility index (Phi) is 6.06. The van der Waals surface area contributed by atoms with Gasteiger partial charge in [0.25, 0.3) is 0 Å². The van der Waals surface area contributed by atoms with Crippen molar-refractivity contribution < 1.29 is 9.53 Å². The summed E-state index contributed by atoms with van der Waals surface area (Å²) < 4.78 is 8.05. The van der Waals surface area contributed by atoms with Crippen molar-refractivity contribution >= 4 is 39.2 Å². The van der Waals surface area contributed by atoms with E-state index in [1.807, 2.05) is 26.8 Å². The third-order valence-electron chi connectivity index (χ3n) is 3.25. The van der Waals surface area contributed by atoms with Gasteiger partial charge in [-0.25, -0.2) is 4.79 Å². The molecule has 0 aromatic carbocycles. The van der Waals surface area contributed by atoms with Crippen molar-refractivity contribution in [3.63, 3.8) is 0 Å². The van der Waals surface area contributed by atoms with Gasteiger partial charge in [-0.15, -0.1) is 11.3 Å². The Balaban J connectivity index is 2.00. The van der Waals surface area contributed by atoms with Gasteiger partial charge in [-0.3, -0.25) is 10.00 Å². The summed E-state index contributed by atoms with van der Waals surface area (Å²) in [7, 11) is 1.79. The Morgan fingerprint density at radius 2 is 2.17 bits per heavy atom. The summed E-state index contributed by atoms with van der Waals surface area (Å²) in [6.07, 6.45) is 1.26. The molecule has 1 amide bonds. The van der Waals surface area contributed by atoms with E-state index in [9.17, 15) is 4.79 Å². The van der Waals surface area contributed by atoms with Crippen LogP contribution in [0.4, 0.5) is 10.6 Å².